The monoisotopic (exact) mass is 258 g/mol. The second kappa shape index (κ2) is 7.96. The van der Waals surface area contributed by atoms with E-state index in [0.717, 1.165) is 30.4 Å². The lowest BCUT2D eigenvalue weighted by Crippen LogP contribution is -2.27. The van der Waals surface area contributed by atoms with Crippen molar-refractivity contribution in [2.24, 2.45) is 0 Å². The van der Waals surface area contributed by atoms with Crippen LogP contribution in [0, 0.1) is 0 Å². The molecule has 2 nitrogen and oxygen atoms in total. The Hall–Kier alpha value is -0.220. The van der Waals surface area contributed by atoms with Crippen molar-refractivity contribution in [2.75, 3.05) is 39.5 Å². The fraction of sp³-hybridized carbons (Fsp3) is 0.500. The predicted molar refractivity (Wildman–Crippen MR) is 73.6 cm³/mol. The van der Waals surface area contributed by atoms with Gasteiger partial charge in [0.15, 0.2) is 0 Å². The first kappa shape index (κ1) is 13.8. The maximum Gasteiger partial charge on any atom is 0.0406 e. The number of benzene rings is 1. The quantitative estimate of drug-likeness (QED) is 0.598. The molecule has 0 aliphatic carbocycles. The summed E-state index contributed by atoms with van der Waals surface area (Å²) in [6.45, 7) is 3.18. The molecule has 0 fully saturated rings. The molecule has 0 bridgehead atoms. The molecule has 4 heteroatoms. The van der Waals surface area contributed by atoms with Crippen molar-refractivity contribution in [3.05, 3.63) is 29.3 Å². The van der Waals surface area contributed by atoms with Gasteiger partial charge in [-0.15, -0.1) is 11.8 Å². The van der Waals surface area contributed by atoms with Gasteiger partial charge in [-0.3, -0.25) is 0 Å². The van der Waals surface area contributed by atoms with E-state index in [-0.39, 0.29) is 0 Å². The Bertz CT molecular complexity index is 288. The van der Waals surface area contributed by atoms with Crippen LogP contribution in [0.15, 0.2) is 29.2 Å². The Balaban J connectivity index is 2.05. The lowest BCUT2D eigenvalue weighted by Gasteiger charge is -2.10. The van der Waals surface area contributed by atoms with Crippen LogP contribution >= 0.6 is 23.4 Å². The van der Waals surface area contributed by atoms with Crippen LogP contribution in [0.1, 0.15) is 0 Å². The predicted octanol–water partition coefficient (Wildman–Crippen LogP) is 2.58. The first-order valence-electron chi connectivity index (χ1n) is 5.42. The third kappa shape index (κ3) is 6.38. The lowest BCUT2D eigenvalue weighted by molar-refractivity contribution is 0.403. The van der Waals surface area contributed by atoms with Crippen LogP contribution in [0.5, 0.6) is 0 Å². The third-order valence-corrected chi connectivity index (χ3v) is 3.36. The SMILES string of the molecule is CN(C)CCNCCSc1ccc(Cl)cc1. The minimum Gasteiger partial charge on any atom is -0.315 e. The summed E-state index contributed by atoms with van der Waals surface area (Å²) >= 11 is 7.67. The molecule has 0 amide bonds. The summed E-state index contributed by atoms with van der Waals surface area (Å²) in [5.41, 5.74) is 0. The van der Waals surface area contributed by atoms with Crippen molar-refractivity contribution < 1.29 is 0 Å². The van der Waals surface area contributed by atoms with Gasteiger partial charge in [0.1, 0.15) is 0 Å². The van der Waals surface area contributed by atoms with Crippen LogP contribution in [-0.2, 0) is 0 Å². The molecule has 0 radical (unpaired) electrons. The number of hydrogen-bond acceptors (Lipinski definition) is 3. The average Bonchev–Trinajstić information content (AvgIpc) is 2.25. The van der Waals surface area contributed by atoms with Crippen molar-refractivity contribution in [1.82, 2.24) is 10.2 Å². The normalized spacial score (nSPS) is 11.0. The molecule has 0 saturated heterocycles. The van der Waals surface area contributed by atoms with E-state index in [0.29, 0.717) is 0 Å². The largest absolute Gasteiger partial charge is 0.315 e. The Kier molecular flexibility index (Phi) is 6.88. The molecule has 1 aromatic rings. The summed E-state index contributed by atoms with van der Waals surface area (Å²) in [6, 6.07) is 7.99. The summed E-state index contributed by atoms with van der Waals surface area (Å²) in [5.74, 6) is 1.09. The molecule has 0 spiro atoms. The van der Waals surface area contributed by atoms with Crippen molar-refractivity contribution in [2.45, 2.75) is 4.90 Å². The number of likely N-dealkylation sites (N-methyl/N-ethyl adjacent to an activating group) is 1. The topological polar surface area (TPSA) is 15.3 Å². The van der Waals surface area contributed by atoms with Crippen molar-refractivity contribution in [3.63, 3.8) is 0 Å². The highest BCUT2D eigenvalue weighted by Crippen LogP contribution is 2.19. The number of hydrogen-bond donors (Lipinski definition) is 1. The average molecular weight is 259 g/mol. The maximum absolute atomic E-state index is 5.82. The van der Waals surface area contributed by atoms with Crippen LogP contribution in [0.3, 0.4) is 0 Å². The fourth-order valence-electron chi connectivity index (χ4n) is 1.20. The second-order valence-corrected chi connectivity index (χ2v) is 5.46. The van der Waals surface area contributed by atoms with Gasteiger partial charge in [0, 0.05) is 35.3 Å². The first-order chi connectivity index (χ1) is 7.68. The number of nitrogens with one attached hydrogen (secondary N) is 1. The van der Waals surface area contributed by atoms with E-state index in [4.69, 9.17) is 11.6 Å². The lowest BCUT2D eigenvalue weighted by atomic mass is 10.4. The zero-order valence-corrected chi connectivity index (χ0v) is 11.4. The van der Waals surface area contributed by atoms with E-state index in [9.17, 15) is 0 Å². The number of halogens is 1. The Morgan fingerprint density at radius 1 is 1.19 bits per heavy atom. The fourth-order valence-corrected chi connectivity index (χ4v) is 2.14. The molecule has 0 saturated carbocycles. The highest BCUT2D eigenvalue weighted by molar-refractivity contribution is 7.99. The summed E-state index contributed by atoms with van der Waals surface area (Å²) in [4.78, 5) is 3.46. The van der Waals surface area contributed by atoms with Gasteiger partial charge in [-0.25, -0.2) is 0 Å². The zero-order chi connectivity index (χ0) is 11.8. The number of thioether (sulfide) groups is 1. The van der Waals surface area contributed by atoms with E-state index in [1.54, 1.807) is 0 Å². The van der Waals surface area contributed by atoms with Gasteiger partial charge in [0.25, 0.3) is 0 Å². The molecule has 0 heterocycles. The third-order valence-electron chi connectivity index (χ3n) is 2.10. The molecule has 0 aliphatic heterocycles. The van der Waals surface area contributed by atoms with Gasteiger partial charge in [-0.05, 0) is 38.4 Å². The number of nitrogens with zero attached hydrogens (tertiary/aromatic N) is 1. The molecule has 16 heavy (non-hydrogen) atoms. The molecular weight excluding hydrogens is 240 g/mol. The summed E-state index contributed by atoms with van der Waals surface area (Å²) < 4.78 is 0. The van der Waals surface area contributed by atoms with Crippen LogP contribution < -0.4 is 5.32 Å². The Morgan fingerprint density at radius 3 is 2.50 bits per heavy atom. The van der Waals surface area contributed by atoms with Crippen LogP contribution in [0.4, 0.5) is 0 Å². The molecule has 90 valence electrons. The zero-order valence-electron chi connectivity index (χ0n) is 9.87. The van der Waals surface area contributed by atoms with Gasteiger partial charge in [-0.1, -0.05) is 11.6 Å². The van der Waals surface area contributed by atoms with Gasteiger partial charge in [-0.2, -0.15) is 0 Å². The molecule has 0 aromatic heterocycles. The van der Waals surface area contributed by atoms with Crippen LogP contribution in [0.2, 0.25) is 5.02 Å². The summed E-state index contributed by atoms with van der Waals surface area (Å²) in [6.07, 6.45) is 0. The smallest absolute Gasteiger partial charge is 0.0406 e. The van der Waals surface area contributed by atoms with E-state index in [2.05, 4.69) is 36.4 Å². The molecule has 1 N–H and O–H groups in total. The minimum atomic E-state index is 0.799. The molecule has 0 atom stereocenters. The van der Waals surface area contributed by atoms with Gasteiger partial charge in [0.05, 0.1) is 0 Å². The first-order valence-corrected chi connectivity index (χ1v) is 6.78. The van der Waals surface area contributed by atoms with E-state index in [1.165, 1.54) is 4.90 Å². The second-order valence-electron chi connectivity index (χ2n) is 3.86. The van der Waals surface area contributed by atoms with Crippen LogP contribution in [0.25, 0.3) is 0 Å². The van der Waals surface area contributed by atoms with Gasteiger partial charge in [0.2, 0.25) is 0 Å². The molecule has 1 aromatic carbocycles. The van der Waals surface area contributed by atoms with Gasteiger partial charge < -0.3 is 10.2 Å². The minimum absolute atomic E-state index is 0.799. The number of rotatable bonds is 7. The van der Waals surface area contributed by atoms with Crippen LogP contribution in [-0.4, -0.2) is 44.4 Å². The molecular formula is C12H19ClN2S. The Morgan fingerprint density at radius 2 is 1.88 bits per heavy atom. The van der Waals surface area contributed by atoms with Gasteiger partial charge >= 0.3 is 0 Å². The highest BCUT2D eigenvalue weighted by atomic mass is 35.5. The summed E-state index contributed by atoms with van der Waals surface area (Å²) in [7, 11) is 4.17. The summed E-state index contributed by atoms with van der Waals surface area (Å²) in [5, 5.41) is 4.21. The molecule has 1 rings (SSSR count). The van der Waals surface area contributed by atoms with Crippen molar-refractivity contribution in [3.8, 4) is 0 Å². The molecule has 0 unspecified atom stereocenters. The van der Waals surface area contributed by atoms with E-state index < -0.39 is 0 Å². The van der Waals surface area contributed by atoms with E-state index >= 15 is 0 Å². The van der Waals surface area contributed by atoms with E-state index in [1.807, 2.05) is 23.9 Å². The highest BCUT2D eigenvalue weighted by Gasteiger charge is 1.94. The Labute approximate surface area is 107 Å². The molecule has 0 aliphatic rings. The van der Waals surface area contributed by atoms with Crippen molar-refractivity contribution in [1.29, 1.82) is 0 Å². The maximum atomic E-state index is 5.82. The standard InChI is InChI=1S/C12H19ClN2S/c1-15(2)9-7-14-8-10-16-12-5-3-11(13)4-6-12/h3-6,14H,7-10H2,1-2H3. The van der Waals surface area contributed by atoms with Crippen molar-refractivity contribution >= 4 is 23.4 Å².